The van der Waals surface area contributed by atoms with E-state index >= 15 is 0 Å². The average molecular weight is 364 g/mol. The molecule has 1 amide bonds. The first-order valence-corrected chi connectivity index (χ1v) is 9.59. The van der Waals surface area contributed by atoms with Crippen molar-refractivity contribution in [3.63, 3.8) is 0 Å². The van der Waals surface area contributed by atoms with Gasteiger partial charge in [-0.15, -0.1) is 0 Å². The van der Waals surface area contributed by atoms with E-state index in [1.54, 1.807) is 6.33 Å². The van der Waals surface area contributed by atoms with Gasteiger partial charge < -0.3 is 15.3 Å². The molecule has 0 radical (unpaired) electrons. The van der Waals surface area contributed by atoms with Crippen LogP contribution in [0.5, 0.6) is 0 Å². The van der Waals surface area contributed by atoms with Crippen molar-refractivity contribution < 1.29 is 4.79 Å². The molecule has 0 atom stereocenters. The number of aromatic amines is 1. The smallest absolute Gasteiger partial charge is 0.251 e. The van der Waals surface area contributed by atoms with E-state index in [9.17, 15) is 4.79 Å². The maximum absolute atomic E-state index is 12.3. The first kappa shape index (κ1) is 19.0. The summed E-state index contributed by atoms with van der Waals surface area (Å²) >= 11 is 0. The molecule has 2 aromatic heterocycles. The fourth-order valence-corrected chi connectivity index (χ4v) is 3.69. The number of aryl methyl sites for hydroxylation is 2. The van der Waals surface area contributed by atoms with Crippen molar-refractivity contribution in [1.29, 1.82) is 0 Å². The maximum Gasteiger partial charge on any atom is 0.251 e. The molecule has 5 heteroatoms. The highest BCUT2D eigenvalue weighted by Gasteiger charge is 2.24. The van der Waals surface area contributed by atoms with Gasteiger partial charge in [0.1, 0.15) is 0 Å². The van der Waals surface area contributed by atoms with Gasteiger partial charge in [0.2, 0.25) is 0 Å². The SMILES string of the molecule is CCCCc1c(-c2ccc(C)cc2)c(C(N)=O)c(C)n1CCc1cnc[nH]1. The Labute approximate surface area is 160 Å². The van der Waals surface area contributed by atoms with Crippen molar-refractivity contribution in [2.24, 2.45) is 5.73 Å². The standard InChI is InChI=1S/C22H28N4O/c1-4-5-6-19-21(17-9-7-15(2)8-10-17)20(22(23)27)16(3)26(19)12-11-18-13-24-14-25-18/h7-10,13-14H,4-6,11-12H2,1-3H3,(H2,23,27)(H,24,25). The summed E-state index contributed by atoms with van der Waals surface area (Å²) in [7, 11) is 0. The molecular weight excluding hydrogens is 336 g/mol. The highest BCUT2D eigenvalue weighted by atomic mass is 16.1. The molecule has 0 saturated carbocycles. The summed E-state index contributed by atoms with van der Waals surface area (Å²) in [5, 5.41) is 0. The van der Waals surface area contributed by atoms with Crippen molar-refractivity contribution >= 4 is 5.91 Å². The Bertz CT molecular complexity index is 905. The van der Waals surface area contributed by atoms with Crippen LogP contribution in [0, 0.1) is 13.8 Å². The number of imidazole rings is 1. The normalized spacial score (nSPS) is 11.1. The summed E-state index contributed by atoms with van der Waals surface area (Å²) in [6, 6.07) is 8.35. The van der Waals surface area contributed by atoms with Gasteiger partial charge in [-0.1, -0.05) is 43.2 Å². The highest BCUT2D eigenvalue weighted by Crippen LogP contribution is 2.34. The van der Waals surface area contributed by atoms with Crippen LogP contribution in [-0.4, -0.2) is 20.4 Å². The number of hydrogen-bond acceptors (Lipinski definition) is 2. The van der Waals surface area contributed by atoms with Crippen molar-refractivity contribution in [1.82, 2.24) is 14.5 Å². The minimum absolute atomic E-state index is 0.360. The Morgan fingerprint density at radius 1 is 1.19 bits per heavy atom. The van der Waals surface area contributed by atoms with E-state index < -0.39 is 0 Å². The Kier molecular flexibility index (Phi) is 5.79. The zero-order valence-electron chi connectivity index (χ0n) is 16.4. The fraction of sp³-hybridized carbons (Fsp3) is 0.364. The molecule has 0 saturated heterocycles. The fourth-order valence-electron chi connectivity index (χ4n) is 3.69. The lowest BCUT2D eigenvalue weighted by Gasteiger charge is -2.13. The molecule has 0 bridgehead atoms. The summed E-state index contributed by atoms with van der Waals surface area (Å²) in [5.41, 5.74) is 13.0. The quantitative estimate of drug-likeness (QED) is 0.629. The summed E-state index contributed by atoms with van der Waals surface area (Å²) in [6.45, 7) is 7.04. The number of carbonyl (C=O) groups excluding carboxylic acids is 1. The van der Waals surface area contributed by atoms with Gasteiger partial charge in [0.05, 0.1) is 11.9 Å². The van der Waals surface area contributed by atoms with Crippen LogP contribution >= 0.6 is 0 Å². The summed E-state index contributed by atoms with van der Waals surface area (Å²) < 4.78 is 2.27. The lowest BCUT2D eigenvalue weighted by molar-refractivity contribution is 0.1000. The van der Waals surface area contributed by atoms with Crippen LogP contribution in [0.15, 0.2) is 36.8 Å². The zero-order chi connectivity index (χ0) is 19.4. The monoisotopic (exact) mass is 364 g/mol. The number of nitrogens with zero attached hydrogens (tertiary/aromatic N) is 2. The van der Waals surface area contributed by atoms with Gasteiger partial charge in [0.25, 0.3) is 5.91 Å². The van der Waals surface area contributed by atoms with E-state index in [2.05, 4.69) is 52.6 Å². The van der Waals surface area contributed by atoms with Crippen molar-refractivity contribution in [3.8, 4) is 11.1 Å². The van der Waals surface area contributed by atoms with Crippen LogP contribution in [0.25, 0.3) is 11.1 Å². The van der Waals surface area contributed by atoms with Crippen molar-refractivity contribution in [3.05, 3.63) is 65.0 Å². The molecule has 0 fully saturated rings. The van der Waals surface area contributed by atoms with Crippen LogP contribution < -0.4 is 5.73 Å². The molecule has 5 nitrogen and oxygen atoms in total. The largest absolute Gasteiger partial charge is 0.366 e. The van der Waals surface area contributed by atoms with Crippen LogP contribution in [0.2, 0.25) is 0 Å². The van der Waals surface area contributed by atoms with Gasteiger partial charge in [0.15, 0.2) is 0 Å². The Hall–Kier alpha value is -2.82. The second-order valence-electron chi connectivity index (χ2n) is 7.09. The van der Waals surface area contributed by atoms with Gasteiger partial charge in [0, 0.05) is 41.8 Å². The van der Waals surface area contributed by atoms with Crippen LogP contribution in [-0.2, 0) is 19.4 Å². The topological polar surface area (TPSA) is 76.7 Å². The first-order valence-electron chi connectivity index (χ1n) is 9.59. The van der Waals surface area contributed by atoms with Gasteiger partial charge in [-0.25, -0.2) is 4.98 Å². The van der Waals surface area contributed by atoms with Crippen molar-refractivity contribution in [2.75, 3.05) is 0 Å². The molecule has 1 aromatic carbocycles. The van der Waals surface area contributed by atoms with Gasteiger partial charge in [-0.05, 0) is 32.3 Å². The summed E-state index contributed by atoms with van der Waals surface area (Å²) in [5.74, 6) is -0.360. The molecule has 142 valence electrons. The molecule has 0 aliphatic rings. The highest BCUT2D eigenvalue weighted by molar-refractivity contribution is 6.02. The summed E-state index contributed by atoms with van der Waals surface area (Å²) in [6.07, 6.45) is 7.48. The molecular formula is C22H28N4O. The number of nitrogens with two attached hydrogens (primary N) is 1. The lowest BCUT2D eigenvalue weighted by atomic mass is 9.97. The molecule has 0 spiro atoms. The molecule has 3 aromatic rings. The number of carbonyl (C=O) groups is 1. The number of rotatable bonds is 8. The van der Waals surface area contributed by atoms with Crippen LogP contribution in [0.4, 0.5) is 0 Å². The number of primary amides is 1. The Balaban J connectivity index is 2.11. The second-order valence-corrected chi connectivity index (χ2v) is 7.09. The maximum atomic E-state index is 12.3. The first-order chi connectivity index (χ1) is 13.0. The number of nitrogens with one attached hydrogen (secondary N) is 1. The Morgan fingerprint density at radius 2 is 1.93 bits per heavy atom. The second kappa shape index (κ2) is 8.25. The molecule has 27 heavy (non-hydrogen) atoms. The minimum Gasteiger partial charge on any atom is -0.366 e. The number of amides is 1. The number of H-pyrrole nitrogens is 1. The van der Waals surface area contributed by atoms with E-state index in [4.69, 9.17) is 5.73 Å². The predicted molar refractivity (Wildman–Crippen MR) is 109 cm³/mol. The van der Waals surface area contributed by atoms with E-state index in [-0.39, 0.29) is 5.91 Å². The number of aromatic nitrogens is 3. The molecule has 3 rings (SSSR count). The number of benzene rings is 1. The third-order valence-corrected chi connectivity index (χ3v) is 5.14. The van der Waals surface area contributed by atoms with E-state index in [0.717, 1.165) is 54.7 Å². The van der Waals surface area contributed by atoms with E-state index in [1.807, 2.05) is 13.1 Å². The third kappa shape index (κ3) is 3.97. The number of hydrogen-bond donors (Lipinski definition) is 2. The van der Waals surface area contributed by atoms with E-state index in [0.29, 0.717) is 5.56 Å². The van der Waals surface area contributed by atoms with Crippen LogP contribution in [0.1, 0.15) is 52.8 Å². The van der Waals surface area contributed by atoms with Crippen molar-refractivity contribution in [2.45, 2.75) is 53.0 Å². The number of unbranched alkanes of at least 4 members (excludes halogenated alkanes) is 1. The third-order valence-electron chi connectivity index (χ3n) is 5.14. The minimum atomic E-state index is -0.360. The van der Waals surface area contributed by atoms with Gasteiger partial charge >= 0.3 is 0 Å². The van der Waals surface area contributed by atoms with Gasteiger partial charge in [-0.2, -0.15) is 0 Å². The van der Waals surface area contributed by atoms with Crippen LogP contribution in [0.3, 0.4) is 0 Å². The molecule has 0 aliphatic carbocycles. The molecule has 0 unspecified atom stereocenters. The average Bonchev–Trinajstić information content (AvgIpc) is 3.25. The van der Waals surface area contributed by atoms with E-state index in [1.165, 1.54) is 11.3 Å². The molecule has 3 N–H and O–H groups in total. The molecule has 0 aliphatic heterocycles. The Morgan fingerprint density at radius 3 is 2.52 bits per heavy atom. The lowest BCUT2D eigenvalue weighted by Crippen LogP contribution is -2.14. The molecule has 2 heterocycles. The summed E-state index contributed by atoms with van der Waals surface area (Å²) in [4.78, 5) is 19.6. The van der Waals surface area contributed by atoms with Gasteiger partial charge in [-0.3, -0.25) is 4.79 Å². The zero-order valence-corrected chi connectivity index (χ0v) is 16.4. The predicted octanol–water partition coefficient (Wildman–Crippen LogP) is 4.18.